The van der Waals surface area contributed by atoms with Gasteiger partial charge in [0.1, 0.15) is 0 Å². The minimum Gasteiger partial charge on any atom is -0.310 e. The van der Waals surface area contributed by atoms with Crippen LogP contribution in [0.15, 0.2) is 224 Å². The van der Waals surface area contributed by atoms with Gasteiger partial charge >= 0.3 is 6.18 Å². The van der Waals surface area contributed by atoms with Gasteiger partial charge in [-0.15, -0.1) is 0 Å². The molecule has 0 fully saturated rings. The Hall–Kier alpha value is -7.63. The van der Waals surface area contributed by atoms with Crippen molar-refractivity contribution in [2.45, 2.75) is 19.0 Å². The summed E-state index contributed by atoms with van der Waals surface area (Å²) in [5.41, 5.74) is 11.0. The smallest absolute Gasteiger partial charge is 0.310 e. The molecule has 298 valence electrons. The van der Waals surface area contributed by atoms with Crippen molar-refractivity contribution in [2.75, 3.05) is 4.90 Å². The highest BCUT2D eigenvalue weighted by atomic mass is 19.4. The van der Waals surface area contributed by atoms with Crippen molar-refractivity contribution in [3.8, 4) is 39.1 Å². The minimum atomic E-state index is -4.46. The number of halogens is 3. The zero-order valence-electron chi connectivity index (χ0n) is 33.6. The van der Waals surface area contributed by atoms with Crippen LogP contribution in [0.5, 0.6) is 0 Å². The van der Waals surface area contributed by atoms with E-state index in [1.165, 1.54) is 44.3 Å². The summed E-state index contributed by atoms with van der Waals surface area (Å²) in [5, 5.41) is 7.16. The standard InChI is InChI=1S/C57H39F3N2/c58-57(59,60)51-24-12-14-26-54(51)61(42-17-5-2-6-18-42)43-32-27-38(28-33-43)41-31-36-53-50(37-41)45-19-11-13-25-52(45)62(53)44-34-29-40(30-35-44)56-48-22-9-7-20-46(48)55(39-15-3-1-4-16-39)47-21-8-10-23-49(47)56/h1-11,13,15-37H,12,14H2. The summed E-state index contributed by atoms with van der Waals surface area (Å²) in [6.07, 6.45) is -0.536. The molecule has 0 radical (unpaired) electrons. The maximum atomic E-state index is 14.3. The summed E-state index contributed by atoms with van der Waals surface area (Å²) in [5.74, 6) is 0. The highest BCUT2D eigenvalue weighted by molar-refractivity contribution is 6.21. The van der Waals surface area contributed by atoms with Gasteiger partial charge in [-0.3, -0.25) is 0 Å². The first-order chi connectivity index (χ1) is 30.4. The van der Waals surface area contributed by atoms with Crippen LogP contribution in [0.25, 0.3) is 82.4 Å². The van der Waals surface area contributed by atoms with Gasteiger partial charge in [-0.25, -0.2) is 0 Å². The fraction of sp³-hybridized carbons (Fsp3) is 0.0526. The molecule has 0 N–H and O–H groups in total. The number of hydrogen-bond donors (Lipinski definition) is 0. The Morgan fingerprint density at radius 1 is 0.387 bits per heavy atom. The summed E-state index contributed by atoms with van der Waals surface area (Å²) in [6, 6.07) is 69.2. The average Bonchev–Trinajstić information content (AvgIpc) is 3.65. The lowest BCUT2D eigenvalue weighted by molar-refractivity contribution is -0.0899. The highest BCUT2D eigenvalue weighted by Crippen LogP contribution is 2.45. The highest BCUT2D eigenvalue weighted by Gasteiger charge is 2.39. The van der Waals surface area contributed by atoms with Gasteiger partial charge in [0.15, 0.2) is 0 Å². The topological polar surface area (TPSA) is 8.17 Å². The second-order valence-corrected chi connectivity index (χ2v) is 15.8. The van der Waals surface area contributed by atoms with Gasteiger partial charge in [-0.2, -0.15) is 13.2 Å². The fourth-order valence-electron chi connectivity index (χ4n) is 9.51. The number of nitrogens with zero attached hydrogens (tertiary/aromatic N) is 2. The lowest BCUT2D eigenvalue weighted by atomic mass is 9.86. The molecular weight excluding hydrogens is 770 g/mol. The van der Waals surface area contributed by atoms with E-state index in [-0.39, 0.29) is 5.70 Å². The van der Waals surface area contributed by atoms with Gasteiger partial charge in [0.2, 0.25) is 0 Å². The zero-order chi connectivity index (χ0) is 41.8. The number of para-hydroxylation sites is 2. The second kappa shape index (κ2) is 15.1. The van der Waals surface area contributed by atoms with Crippen molar-refractivity contribution in [1.29, 1.82) is 0 Å². The van der Waals surface area contributed by atoms with Gasteiger partial charge < -0.3 is 9.47 Å². The molecule has 1 aliphatic rings. The molecule has 5 heteroatoms. The Morgan fingerprint density at radius 2 is 0.855 bits per heavy atom. The molecule has 1 aliphatic carbocycles. The number of aromatic nitrogens is 1. The molecule has 0 amide bonds. The Kier molecular flexibility index (Phi) is 9.12. The van der Waals surface area contributed by atoms with Gasteiger partial charge in [-0.05, 0) is 122 Å². The van der Waals surface area contributed by atoms with Crippen LogP contribution in [-0.4, -0.2) is 10.7 Å². The van der Waals surface area contributed by atoms with E-state index in [4.69, 9.17) is 0 Å². The van der Waals surface area contributed by atoms with E-state index in [1.807, 2.05) is 54.6 Å². The van der Waals surface area contributed by atoms with Crippen LogP contribution in [-0.2, 0) is 0 Å². The largest absolute Gasteiger partial charge is 0.418 e. The van der Waals surface area contributed by atoms with E-state index in [2.05, 4.69) is 150 Å². The molecule has 0 atom stereocenters. The molecule has 10 aromatic rings. The van der Waals surface area contributed by atoms with E-state index in [0.29, 0.717) is 24.2 Å². The van der Waals surface area contributed by atoms with E-state index in [1.54, 1.807) is 11.0 Å². The quantitative estimate of drug-likeness (QED) is 0.146. The third kappa shape index (κ3) is 6.36. The van der Waals surface area contributed by atoms with Crippen molar-refractivity contribution >= 4 is 54.7 Å². The Balaban J connectivity index is 0.981. The molecule has 2 nitrogen and oxygen atoms in total. The van der Waals surface area contributed by atoms with Gasteiger partial charge in [0.05, 0.1) is 22.3 Å². The molecule has 0 aliphatic heterocycles. The van der Waals surface area contributed by atoms with Crippen molar-refractivity contribution in [1.82, 2.24) is 4.57 Å². The average molecular weight is 809 g/mol. The first-order valence-electron chi connectivity index (χ1n) is 21.0. The van der Waals surface area contributed by atoms with Crippen LogP contribution in [0.1, 0.15) is 12.8 Å². The number of allylic oxidation sites excluding steroid dienone is 3. The molecule has 0 saturated carbocycles. The Bertz CT molecular complexity index is 3300. The summed E-state index contributed by atoms with van der Waals surface area (Å²) < 4.78 is 45.3. The number of anilines is 2. The molecule has 62 heavy (non-hydrogen) atoms. The molecule has 1 heterocycles. The molecule has 11 rings (SSSR count). The van der Waals surface area contributed by atoms with Crippen molar-refractivity contribution in [3.05, 3.63) is 224 Å². The van der Waals surface area contributed by atoms with Crippen molar-refractivity contribution < 1.29 is 13.2 Å². The summed E-state index contributed by atoms with van der Waals surface area (Å²) in [7, 11) is 0. The van der Waals surface area contributed by atoms with Crippen LogP contribution in [0.3, 0.4) is 0 Å². The predicted octanol–water partition coefficient (Wildman–Crippen LogP) is 16.4. The van der Waals surface area contributed by atoms with Crippen LogP contribution in [0.4, 0.5) is 24.5 Å². The van der Waals surface area contributed by atoms with E-state index in [9.17, 15) is 13.2 Å². The predicted molar refractivity (Wildman–Crippen MR) is 252 cm³/mol. The summed E-state index contributed by atoms with van der Waals surface area (Å²) >= 11 is 0. The molecule has 0 unspecified atom stereocenters. The number of hydrogen-bond acceptors (Lipinski definition) is 1. The number of fused-ring (bicyclic) bond motifs is 5. The third-order valence-electron chi connectivity index (χ3n) is 12.2. The number of alkyl halides is 3. The zero-order valence-corrected chi connectivity index (χ0v) is 33.6. The van der Waals surface area contributed by atoms with Crippen LogP contribution in [0.2, 0.25) is 0 Å². The molecule has 1 aromatic heterocycles. The number of benzene rings is 9. The van der Waals surface area contributed by atoms with Crippen molar-refractivity contribution in [3.63, 3.8) is 0 Å². The summed E-state index contributed by atoms with van der Waals surface area (Å²) in [4.78, 5) is 1.72. The van der Waals surface area contributed by atoms with Gasteiger partial charge in [-0.1, -0.05) is 158 Å². The lowest BCUT2D eigenvalue weighted by Gasteiger charge is -2.32. The minimum absolute atomic E-state index is 0.160. The van der Waals surface area contributed by atoms with Crippen LogP contribution >= 0.6 is 0 Å². The molecule has 0 saturated heterocycles. The van der Waals surface area contributed by atoms with Crippen molar-refractivity contribution in [2.24, 2.45) is 0 Å². The Morgan fingerprint density at radius 3 is 1.47 bits per heavy atom. The second-order valence-electron chi connectivity index (χ2n) is 15.8. The lowest BCUT2D eigenvalue weighted by Crippen LogP contribution is -2.26. The van der Waals surface area contributed by atoms with E-state index < -0.39 is 11.7 Å². The van der Waals surface area contributed by atoms with Gasteiger partial charge in [0.25, 0.3) is 0 Å². The maximum Gasteiger partial charge on any atom is 0.418 e. The van der Waals surface area contributed by atoms with Crippen LogP contribution in [0, 0.1) is 0 Å². The molecular formula is C57H39F3N2. The summed E-state index contributed by atoms with van der Waals surface area (Å²) in [6.45, 7) is 0. The molecule has 9 aromatic carbocycles. The monoisotopic (exact) mass is 808 g/mol. The van der Waals surface area contributed by atoms with E-state index in [0.717, 1.165) is 44.2 Å². The first kappa shape index (κ1) is 37.4. The molecule has 0 spiro atoms. The normalized spacial score (nSPS) is 13.1. The Labute approximate surface area is 357 Å². The maximum absolute atomic E-state index is 14.3. The number of rotatable bonds is 7. The first-order valence-corrected chi connectivity index (χ1v) is 21.0. The fourth-order valence-corrected chi connectivity index (χ4v) is 9.51. The van der Waals surface area contributed by atoms with Crippen LogP contribution < -0.4 is 4.90 Å². The van der Waals surface area contributed by atoms with Gasteiger partial charge in [0, 0.05) is 27.8 Å². The third-order valence-corrected chi connectivity index (χ3v) is 12.2. The van der Waals surface area contributed by atoms with E-state index >= 15 is 0 Å². The molecule has 0 bridgehead atoms. The SMILES string of the molecule is FC(F)(F)C1=CCCC=C1N(c1ccccc1)c1ccc(-c2ccc3c(c2)c2ccccc2n3-c2ccc(-c3c4ccccc4c(-c4ccccc4)c4ccccc34)cc2)cc1.